The van der Waals surface area contributed by atoms with Crippen LogP contribution in [0.1, 0.15) is 6.04 Å². The lowest BCUT2D eigenvalue weighted by molar-refractivity contribution is -0.211. The third-order valence-corrected chi connectivity index (χ3v) is 7.10. The zero-order valence-electron chi connectivity index (χ0n) is 20.8. The van der Waals surface area contributed by atoms with Crippen LogP contribution in [0.3, 0.4) is 0 Å². The summed E-state index contributed by atoms with van der Waals surface area (Å²) in [7, 11) is 1.61. The number of rotatable bonds is 6. The largest absolute Gasteiger partial charge is 0.497 e. The van der Waals surface area contributed by atoms with E-state index in [9.17, 15) is 24.5 Å². The van der Waals surface area contributed by atoms with Crippen LogP contribution in [0.4, 0.5) is 10.1 Å². The first-order valence-electron chi connectivity index (χ1n) is 12.4. The number of anilines is 1. The number of aliphatic hydroxyl groups is 3. The summed E-state index contributed by atoms with van der Waals surface area (Å²) in [6.07, 6.45) is -3.83. The van der Waals surface area contributed by atoms with Gasteiger partial charge in [-0.25, -0.2) is 9.07 Å². The molecule has 3 N–H and O–H groups in total. The lowest BCUT2D eigenvalue weighted by Crippen LogP contribution is -2.62. The maximum absolute atomic E-state index is 13.7. The van der Waals surface area contributed by atoms with Gasteiger partial charge in [0.05, 0.1) is 19.9 Å². The molecule has 5 atom stereocenters. The summed E-state index contributed by atoms with van der Waals surface area (Å²) in [6.45, 7) is 1.40. The third kappa shape index (κ3) is 5.07. The second-order valence-corrected chi connectivity index (χ2v) is 9.35. The van der Waals surface area contributed by atoms with E-state index in [1.807, 2.05) is 24.3 Å². The normalized spacial score (nSPS) is 25.9. The van der Waals surface area contributed by atoms with E-state index in [0.29, 0.717) is 37.4 Å². The number of nitrogens with zero attached hydrogens (tertiary/aromatic N) is 5. The summed E-state index contributed by atoms with van der Waals surface area (Å²) in [5.41, 5.74) is 1.80. The number of ether oxygens (including phenoxy) is 2. The van der Waals surface area contributed by atoms with E-state index in [-0.39, 0.29) is 0 Å². The van der Waals surface area contributed by atoms with Crippen LogP contribution in [-0.4, -0.2) is 105 Å². The van der Waals surface area contributed by atoms with Crippen molar-refractivity contribution in [2.45, 2.75) is 30.5 Å². The highest BCUT2D eigenvalue weighted by molar-refractivity contribution is 5.82. The highest BCUT2D eigenvalue weighted by atomic mass is 19.1. The number of aromatic nitrogens is 3. The summed E-state index contributed by atoms with van der Waals surface area (Å²) in [4.78, 5) is 17.2. The summed E-state index contributed by atoms with van der Waals surface area (Å²) in [5.74, 6) is -0.120. The van der Waals surface area contributed by atoms with Gasteiger partial charge >= 0.3 is 0 Å². The number of piperazine rings is 1. The van der Waals surface area contributed by atoms with Crippen molar-refractivity contribution in [2.75, 3.05) is 44.8 Å². The van der Waals surface area contributed by atoms with E-state index in [2.05, 4.69) is 15.2 Å². The van der Waals surface area contributed by atoms with Crippen LogP contribution in [0.2, 0.25) is 0 Å². The van der Waals surface area contributed by atoms with E-state index in [1.54, 1.807) is 18.1 Å². The van der Waals surface area contributed by atoms with Crippen molar-refractivity contribution in [1.82, 2.24) is 19.9 Å². The zero-order chi connectivity index (χ0) is 26.8. The number of hydrogen-bond acceptors (Lipinski definition) is 9. The first-order chi connectivity index (χ1) is 18.4. The summed E-state index contributed by atoms with van der Waals surface area (Å²) in [6, 6.07) is 12.3. The molecule has 1 amide bonds. The van der Waals surface area contributed by atoms with Gasteiger partial charge in [0.2, 0.25) is 0 Å². The van der Waals surface area contributed by atoms with E-state index in [1.165, 1.54) is 29.1 Å². The summed E-state index contributed by atoms with van der Waals surface area (Å²) < 4.78 is 25.8. The monoisotopic (exact) mass is 527 g/mol. The zero-order valence-corrected chi connectivity index (χ0v) is 20.8. The maximum Gasteiger partial charge on any atom is 0.254 e. The molecule has 0 saturated carbocycles. The topological polar surface area (TPSA) is 133 Å². The number of hydrogen-bond donors (Lipinski definition) is 3. The van der Waals surface area contributed by atoms with Crippen LogP contribution in [-0.2, 0) is 9.53 Å². The SMILES string of the molecule is COc1ccc(N2CCN(C(=O)[C@@H]3O[C@H](CO)[C@H](O)[C@H](n4cc(-c5cccc(F)c5)nn4)[C@H]3O)CC2)cc1. The number of benzene rings is 2. The number of amides is 1. The van der Waals surface area contributed by atoms with Crippen molar-refractivity contribution in [3.63, 3.8) is 0 Å². The van der Waals surface area contributed by atoms with Crippen molar-refractivity contribution in [3.05, 3.63) is 60.5 Å². The van der Waals surface area contributed by atoms with Crippen LogP contribution in [0.5, 0.6) is 5.75 Å². The van der Waals surface area contributed by atoms with Crippen molar-refractivity contribution in [2.24, 2.45) is 0 Å². The number of halogens is 1. The Kier molecular flexibility index (Phi) is 7.56. The van der Waals surface area contributed by atoms with Crippen molar-refractivity contribution < 1.29 is 34.0 Å². The van der Waals surface area contributed by atoms with Gasteiger partial charge in [0, 0.05) is 37.4 Å². The van der Waals surface area contributed by atoms with Crippen LogP contribution in [0, 0.1) is 5.82 Å². The molecule has 2 aliphatic heterocycles. The molecule has 11 nitrogen and oxygen atoms in total. The van der Waals surface area contributed by atoms with Gasteiger partial charge in [0.1, 0.15) is 41.6 Å². The molecule has 3 heterocycles. The molecular weight excluding hydrogens is 497 g/mol. The Balaban J connectivity index is 1.30. The van der Waals surface area contributed by atoms with Gasteiger partial charge < -0.3 is 34.6 Å². The molecule has 38 heavy (non-hydrogen) atoms. The smallest absolute Gasteiger partial charge is 0.254 e. The molecule has 0 spiro atoms. The second kappa shape index (κ2) is 11.0. The molecule has 1 aromatic heterocycles. The molecule has 5 rings (SSSR count). The van der Waals surface area contributed by atoms with Crippen molar-refractivity contribution in [1.29, 1.82) is 0 Å². The molecular formula is C26H30FN5O6. The van der Waals surface area contributed by atoms with Crippen LogP contribution < -0.4 is 9.64 Å². The first-order valence-corrected chi connectivity index (χ1v) is 12.4. The number of methoxy groups -OCH3 is 1. The Morgan fingerprint density at radius 2 is 1.84 bits per heavy atom. The molecule has 0 unspecified atom stereocenters. The van der Waals surface area contributed by atoms with E-state index in [0.717, 1.165) is 11.4 Å². The fraction of sp³-hybridized carbons (Fsp3) is 0.423. The van der Waals surface area contributed by atoms with E-state index < -0.39 is 48.8 Å². The Labute approximate surface area is 218 Å². The minimum absolute atomic E-state index is 0.327. The molecule has 2 saturated heterocycles. The van der Waals surface area contributed by atoms with Gasteiger partial charge in [0.15, 0.2) is 6.10 Å². The average Bonchev–Trinajstić information content (AvgIpc) is 3.43. The van der Waals surface area contributed by atoms with Crippen LogP contribution in [0.25, 0.3) is 11.3 Å². The molecule has 3 aromatic rings. The van der Waals surface area contributed by atoms with E-state index >= 15 is 0 Å². The summed E-state index contributed by atoms with van der Waals surface area (Å²) >= 11 is 0. The minimum Gasteiger partial charge on any atom is -0.497 e. The standard InChI is InChI=1S/C26H30FN5O6/c1-37-19-7-5-18(6-8-19)30-9-11-31(12-10-30)26(36)25-24(35)22(23(34)21(15-33)38-25)32-14-20(28-29-32)16-3-2-4-17(27)13-16/h2-8,13-14,21-25,33-35H,9-12,15H2,1H3/t21-,22+,23+,24-,25-/m1/s1. The lowest BCUT2D eigenvalue weighted by atomic mass is 9.91. The third-order valence-electron chi connectivity index (χ3n) is 7.10. The van der Waals surface area contributed by atoms with Gasteiger partial charge in [-0.2, -0.15) is 0 Å². The first kappa shape index (κ1) is 26.0. The molecule has 0 bridgehead atoms. The van der Waals surface area contributed by atoms with Gasteiger partial charge in [-0.05, 0) is 36.4 Å². The van der Waals surface area contributed by atoms with Crippen LogP contribution >= 0.6 is 0 Å². The predicted octanol–water partition coefficient (Wildman–Crippen LogP) is 0.464. The van der Waals surface area contributed by atoms with Gasteiger partial charge in [0.25, 0.3) is 5.91 Å². The van der Waals surface area contributed by atoms with Gasteiger partial charge in [-0.15, -0.1) is 5.10 Å². The predicted molar refractivity (Wildman–Crippen MR) is 134 cm³/mol. The minimum atomic E-state index is -1.47. The Hall–Kier alpha value is -3.58. The van der Waals surface area contributed by atoms with Crippen molar-refractivity contribution >= 4 is 11.6 Å². The fourth-order valence-electron chi connectivity index (χ4n) is 4.98. The molecule has 0 radical (unpaired) electrons. The number of carbonyl (C=O) groups is 1. The highest BCUT2D eigenvalue weighted by Gasteiger charge is 2.49. The molecule has 12 heteroatoms. The van der Waals surface area contributed by atoms with Crippen molar-refractivity contribution in [3.8, 4) is 17.0 Å². The maximum atomic E-state index is 13.7. The van der Waals surface area contributed by atoms with Gasteiger partial charge in [-0.3, -0.25) is 4.79 Å². The number of carbonyl (C=O) groups excluding carboxylic acids is 1. The molecule has 2 aromatic carbocycles. The number of aliphatic hydroxyl groups excluding tert-OH is 3. The molecule has 2 aliphatic rings. The van der Waals surface area contributed by atoms with Crippen LogP contribution in [0.15, 0.2) is 54.7 Å². The Morgan fingerprint density at radius 3 is 2.50 bits per heavy atom. The summed E-state index contributed by atoms with van der Waals surface area (Å²) in [5, 5.41) is 39.9. The van der Waals surface area contributed by atoms with Gasteiger partial charge in [-0.1, -0.05) is 17.3 Å². The Morgan fingerprint density at radius 1 is 1.11 bits per heavy atom. The molecule has 0 aliphatic carbocycles. The lowest BCUT2D eigenvalue weighted by Gasteiger charge is -2.44. The average molecular weight is 528 g/mol. The highest BCUT2D eigenvalue weighted by Crippen LogP contribution is 2.32. The molecule has 202 valence electrons. The molecule has 2 fully saturated rings. The quantitative estimate of drug-likeness (QED) is 0.418. The Bertz CT molecular complexity index is 1250. The fourth-order valence-corrected chi connectivity index (χ4v) is 4.98. The second-order valence-electron chi connectivity index (χ2n) is 9.35. The van der Waals surface area contributed by atoms with E-state index in [4.69, 9.17) is 9.47 Å².